The molecule has 3 rings (SSSR count). The number of primary amides is 2. The summed E-state index contributed by atoms with van der Waals surface area (Å²) in [5.74, 6) is -0.562. The molecule has 1 aliphatic rings. The zero-order chi connectivity index (χ0) is 23.5. The number of nitrogens with two attached hydrogens (primary N) is 2. The van der Waals surface area contributed by atoms with Gasteiger partial charge in [0, 0.05) is 11.4 Å². The summed E-state index contributed by atoms with van der Waals surface area (Å²) in [6, 6.07) is 8.52. The highest BCUT2D eigenvalue weighted by molar-refractivity contribution is 7.18. The summed E-state index contributed by atoms with van der Waals surface area (Å²) >= 11 is 1.23. The Bertz CT molecular complexity index is 994. The number of benzene rings is 1. The molecule has 8 nitrogen and oxygen atoms in total. The van der Waals surface area contributed by atoms with Gasteiger partial charge >= 0.3 is 18.0 Å². The summed E-state index contributed by atoms with van der Waals surface area (Å²) in [6.07, 6.45) is 1.81. The molecule has 1 aromatic carbocycles. The maximum atomic E-state index is 13.0. The van der Waals surface area contributed by atoms with Crippen LogP contribution in [0.25, 0.3) is 10.4 Å². The predicted octanol–water partition coefficient (Wildman–Crippen LogP) is 4.29. The monoisotopic (exact) mass is 458 g/mol. The van der Waals surface area contributed by atoms with Gasteiger partial charge in [-0.1, -0.05) is 45.0 Å². The van der Waals surface area contributed by atoms with Gasteiger partial charge < -0.3 is 26.4 Å². The zero-order valence-electron chi connectivity index (χ0n) is 18.6. The number of thiophene rings is 1. The quantitative estimate of drug-likeness (QED) is 0.590. The zero-order valence-corrected chi connectivity index (χ0v) is 19.5. The molecule has 0 spiro atoms. The van der Waals surface area contributed by atoms with Crippen molar-refractivity contribution >= 4 is 35.1 Å². The van der Waals surface area contributed by atoms with Gasteiger partial charge in [0.2, 0.25) is 0 Å². The Morgan fingerprint density at radius 2 is 1.81 bits per heavy atom. The van der Waals surface area contributed by atoms with E-state index in [1.807, 2.05) is 12.1 Å². The Labute approximate surface area is 191 Å². The van der Waals surface area contributed by atoms with Gasteiger partial charge in [-0.2, -0.15) is 0 Å². The number of amides is 4. The van der Waals surface area contributed by atoms with Crippen molar-refractivity contribution in [3.05, 3.63) is 40.8 Å². The van der Waals surface area contributed by atoms with Gasteiger partial charge in [0.05, 0.1) is 12.2 Å². The number of ether oxygens (including phenoxy) is 1. The average molecular weight is 459 g/mol. The van der Waals surface area contributed by atoms with E-state index in [2.05, 4.69) is 38.2 Å². The van der Waals surface area contributed by atoms with Gasteiger partial charge in [-0.3, -0.25) is 0 Å². The topological polar surface area (TPSA) is 128 Å². The highest BCUT2D eigenvalue weighted by atomic mass is 32.1. The van der Waals surface area contributed by atoms with Crippen molar-refractivity contribution in [1.82, 2.24) is 4.90 Å². The van der Waals surface area contributed by atoms with Crippen molar-refractivity contribution in [1.29, 1.82) is 0 Å². The Morgan fingerprint density at radius 1 is 1.12 bits per heavy atom. The molecular formula is C23H30N4O4S. The van der Waals surface area contributed by atoms with Crippen LogP contribution in [0.1, 0.15) is 55.3 Å². The van der Waals surface area contributed by atoms with Gasteiger partial charge in [0.15, 0.2) is 0 Å². The molecule has 9 heteroatoms. The third-order valence-corrected chi connectivity index (χ3v) is 6.59. The fourth-order valence-electron chi connectivity index (χ4n) is 3.65. The van der Waals surface area contributed by atoms with E-state index in [1.54, 1.807) is 6.07 Å². The number of nitrogens with zero attached hydrogens (tertiary/aromatic N) is 1. The molecule has 1 saturated heterocycles. The first-order valence-electron chi connectivity index (χ1n) is 10.6. The van der Waals surface area contributed by atoms with Crippen LogP contribution in [0.3, 0.4) is 0 Å². The summed E-state index contributed by atoms with van der Waals surface area (Å²) in [4.78, 5) is 38.6. The molecule has 172 valence electrons. The van der Waals surface area contributed by atoms with Gasteiger partial charge in [-0.15, -0.1) is 11.3 Å². The van der Waals surface area contributed by atoms with E-state index in [0.29, 0.717) is 18.7 Å². The first kappa shape index (κ1) is 23.6. The van der Waals surface area contributed by atoms with Crippen molar-refractivity contribution in [2.45, 2.75) is 51.6 Å². The van der Waals surface area contributed by atoms with Crippen LogP contribution in [-0.2, 0) is 10.2 Å². The molecule has 2 heterocycles. The van der Waals surface area contributed by atoms with E-state index in [9.17, 15) is 14.4 Å². The Morgan fingerprint density at radius 3 is 2.41 bits per heavy atom. The third kappa shape index (κ3) is 5.79. The van der Waals surface area contributed by atoms with E-state index in [4.69, 9.17) is 16.2 Å². The second-order valence-corrected chi connectivity index (χ2v) is 10.0. The molecule has 0 saturated carbocycles. The molecule has 1 unspecified atom stereocenters. The summed E-state index contributed by atoms with van der Waals surface area (Å²) < 4.78 is 5.70. The third-order valence-electron chi connectivity index (χ3n) is 5.42. The van der Waals surface area contributed by atoms with Crippen molar-refractivity contribution in [2.24, 2.45) is 11.5 Å². The fourth-order valence-corrected chi connectivity index (χ4v) is 4.65. The molecule has 1 atom stereocenters. The van der Waals surface area contributed by atoms with Crippen LogP contribution in [0.5, 0.6) is 0 Å². The molecule has 0 bridgehead atoms. The minimum absolute atomic E-state index is 0.0269. The van der Waals surface area contributed by atoms with Crippen LogP contribution in [0, 0.1) is 0 Å². The molecule has 4 amide bonds. The van der Waals surface area contributed by atoms with Gasteiger partial charge in [-0.05, 0) is 41.9 Å². The smallest absolute Gasteiger partial charge is 0.350 e. The van der Waals surface area contributed by atoms with Crippen molar-refractivity contribution in [3.8, 4) is 10.4 Å². The lowest BCUT2D eigenvalue weighted by atomic mass is 9.86. The number of nitrogens with one attached hydrogen (secondary N) is 1. The van der Waals surface area contributed by atoms with Crippen LogP contribution < -0.4 is 16.8 Å². The number of urea groups is 2. The number of esters is 1. The lowest BCUT2D eigenvalue weighted by molar-refractivity contribution is 0.0247. The van der Waals surface area contributed by atoms with Crippen molar-refractivity contribution in [2.75, 3.05) is 18.4 Å². The second-order valence-electron chi connectivity index (χ2n) is 8.98. The number of rotatable bonds is 4. The highest BCUT2D eigenvalue weighted by Gasteiger charge is 2.27. The Kier molecular flexibility index (Phi) is 7.08. The number of carbonyl (C=O) groups is 3. The number of hydrogen-bond donors (Lipinski definition) is 3. The summed E-state index contributed by atoms with van der Waals surface area (Å²) in [7, 11) is 0. The first-order valence-corrected chi connectivity index (χ1v) is 11.4. The van der Waals surface area contributed by atoms with Crippen LogP contribution >= 0.6 is 11.3 Å². The molecule has 1 aliphatic heterocycles. The number of likely N-dealkylation sites (tertiary alicyclic amines) is 1. The molecule has 2 aromatic rings. The number of carbonyl (C=O) groups excluding carboxylic acids is 3. The van der Waals surface area contributed by atoms with E-state index in [-0.39, 0.29) is 16.8 Å². The molecule has 32 heavy (non-hydrogen) atoms. The van der Waals surface area contributed by atoms with E-state index in [1.165, 1.54) is 21.8 Å². The molecule has 0 radical (unpaired) electrons. The van der Waals surface area contributed by atoms with Crippen LogP contribution in [0.15, 0.2) is 30.3 Å². The van der Waals surface area contributed by atoms with Crippen molar-refractivity contribution < 1.29 is 19.1 Å². The summed E-state index contributed by atoms with van der Waals surface area (Å²) in [6.45, 7) is 7.23. The van der Waals surface area contributed by atoms with Crippen molar-refractivity contribution in [3.63, 3.8) is 0 Å². The number of hydrogen-bond acceptors (Lipinski definition) is 5. The second kappa shape index (κ2) is 9.60. The molecule has 0 aliphatic carbocycles. The summed E-state index contributed by atoms with van der Waals surface area (Å²) in [5.41, 5.74) is 13.2. The van der Waals surface area contributed by atoms with Crippen LogP contribution in [-0.4, -0.2) is 42.1 Å². The first-order chi connectivity index (χ1) is 15.0. The van der Waals surface area contributed by atoms with E-state index >= 15 is 0 Å². The maximum Gasteiger partial charge on any atom is 0.350 e. The van der Waals surface area contributed by atoms with Gasteiger partial charge in [0.1, 0.15) is 11.0 Å². The minimum atomic E-state index is -0.763. The van der Waals surface area contributed by atoms with Gasteiger partial charge in [0.25, 0.3) is 0 Å². The minimum Gasteiger partial charge on any atom is -0.456 e. The average Bonchev–Trinajstić information content (AvgIpc) is 2.97. The Hall–Kier alpha value is -3.07. The maximum absolute atomic E-state index is 13.0. The van der Waals surface area contributed by atoms with Gasteiger partial charge in [-0.25, -0.2) is 14.4 Å². The van der Waals surface area contributed by atoms with E-state index in [0.717, 1.165) is 23.3 Å². The van der Waals surface area contributed by atoms with E-state index < -0.39 is 24.1 Å². The summed E-state index contributed by atoms with van der Waals surface area (Å²) in [5, 5.41) is 2.52. The fraction of sp³-hybridized carbons (Fsp3) is 0.435. The van der Waals surface area contributed by atoms with Crippen LogP contribution in [0.2, 0.25) is 0 Å². The largest absolute Gasteiger partial charge is 0.456 e. The lowest BCUT2D eigenvalue weighted by Crippen LogP contribution is -2.41. The lowest BCUT2D eigenvalue weighted by Gasteiger charge is -2.22. The molecular weight excluding hydrogens is 428 g/mol. The normalized spacial score (nSPS) is 16.8. The highest BCUT2D eigenvalue weighted by Crippen LogP contribution is 2.36. The molecule has 1 aromatic heterocycles. The number of anilines is 1. The molecule has 5 N–H and O–H groups in total. The molecule has 1 fully saturated rings. The predicted molar refractivity (Wildman–Crippen MR) is 126 cm³/mol. The SMILES string of the molecule is CC(C)(C)c1ccc(-c2cc(NC(N)=O)c(C(=O)OC3CCCCN(C(N)=O)C3)s2)cc1. The van der Waals surface area contributed by atoms with Crippen LogP contribution in [0.4, 0.5) is 15.3 Å². The Balaban J connectivity index is 1.85. The standard InChI is InChI=1S/C23H30N4O4S/c1-23(2,3)15-9-7-14(8-10-15)18-12-17(26-21(24)29)19(32-18)20(28)31-16-6-4-5-11-27(13-16)22(25)30/h7-10,12,16H,4-6,11,13H2,1-3H3,(H2,25,30)(H3,24,26,29).